The van der Waals surface area contributed by atoms with Gasteiger partial charge in [0.25, 0.3) is 0 Å². The van der Waals surface area contributed by atoms with Crippen LogP contribution in [0.25, 0.3) is 11.0 Å². The number of aromatic amines is 2. The fraction of sp³-hybridized carbons (Fsp3) is 0.308. The molecular formula is C13H15ClN6. The molecule has 0 aliphatic heterocycles. The largest absolute Gasteiger partial charge is 0.346 e. The van der Waals surface area contributed by atoms with E-state index in [2.05, 4.69) is 51.2 Å². The number of hydrogen-bond acceptors (Lipinski definition) is 4. The summed E-state index contributed by atoms with van der Waals surface area (Å²) in [4.78, 5) is 11.3. The van der Waals surface area contributed by atoms with Gasteiger partial charge in [-0.05, 0) is 17.7 Å². The Labute approximate surface area is 121 Å². The molecule has 3 N–H and O–H groups in total. The molecule has 104 valence electrons. The van der Waals surface area contributed by atoms with Crippen LogP contribution in [-0.2, 0) is 5.41 Å². The Balaban J connectivity index is 1.97. The maximum Gasteiger partial charge on any atom is 0.226 e. The summed E-state index contributed by atoms with van der Waals surface area (Å²) in [5.74, 6) is 1.33. The van der Waals surface area contributed by atoms with Crippen LogP contribution in [0.5, 0.6) is 0 Å². The molecule has 3 rings (SSSR count). The Kier molecular flexibility index (Phi) is 2.90. The normalized spacial score (nSPS) is 12.0. The zero-order valence-corrected chi connectivity index (χ0v) is 12.2. The molecule has 0 fully saturated rings. The van der Waals surface area contributed by atoms with Gasteiger partial charge in [-0.1, -0.05) is 20.8 Å². The molecule has 0 radical (unpaired) electrons. The SMILES string of the molecule is CC(C)(C)c1cc(Nc2nc(Cl)nc3[nH]ccc23)n[nH]1. The highest BCUT2D eigenvalue weighted by Gasteiger charge is 2.17. The number of nitrogens with one attached hydrogen (secondary N) is 3. The molecule has 0 aromatic carbocycles. The van der Waals surface area contributed by atoms with Crippen molar-refractivity contribution < 1.29 is 0 Å². The number of anilines is 2. The van der Waals surface area contributed by atoms with Crippen LogP contribution >= 0.6 is 11.6 Å². The van der Waals surface area contributed by atoms with Crippen molar-refractivity contribution in [1.29, 1.82) is 0 Å². The van der Waals surface area contributed by atoms with E-state index < -0.39 is 0 Å². The van der Waals surface area contributed by atoms with Gasteiger partial charge in [0.1, 0.15) is 11.5 Å². The first-order valence-electron chi connectivity index (χ1n) is 6.27. The molecule has 0 aliphatic rings. The number of H-pyrrole nitrogens is 2. The topological polar surface area (TPSA) is 82.3 Å². The molecule has 0 aliphatic carbocycles. The van der Waals surface area contributed by atoms with Crippen molar-refractivity contribution in [2.45, 2.75) is 26.2 Å². The quantitative estimate of drug-likeness (QED) is 0.632. The Bertz CT molecular complexity index is 752. The van der Waals surface area contributed by atoms with Gasteiger partial charge in [0.05, 0.1) is 5.39 Å². The molecule has 3 heterocycles. The molecule has 3 aromatic heterocycles. The second-order valence-corrected chi connectivity index (χ2v) is 5.96. The van der Waals surface area contributed by atoms with Crippen LogP contribution in [0, 0.1) is 0 Å². The molecule has 0 bridgehead atoms. The Hall–Kier alpha value is -2.08. The second kappa shape index (κ2) is 4.49. The minimum atomic E-state index is 0.0135. The predicted molar refractivity (Wildman–Crippen MR) is 79.5 cm³/mol. The summed E-state index contributed by atoms with van der Waals surface area (Å²) in [7, 11) is 0. The number of aromatic nitrogens is 5. The smallest absolute Gasteiger partial charge is 0.226 e. The van der Waals surface area contributed by atoms with Gasteiger partial charge in [-0.15, -0.1) is 0 Å². The first-order chi connectivity index (χ1) is 9.43. The van der Waals surface area contributed by atoms with Crippen molar-refractivity contribution >= 4 is 34.3 Å². The van der Waals surface area contributed by atoms with Gasteiger partial charge < -0.3 is 10.3 Å². The van der Waals surface area contributed by atoms with E-state index in [9.17, 15) is 0 Å². The van der Waals surface area contributed by atoms with E-state index in [0.29, 0.717) is 17.3 Å². The highest BCUT2D eigenvalue weighted by Crippen LogP contribution is 2.26. The number of nitrogens with zero attached hydrogens (tertiary/aromatic N) is 3. The van der Waals surface area contributed by atoms with Crippen LogP contribution in [0.1, 0.15) is 26.5 Å². The van der Waals surface area contributed by atoms with E-state index in [0.717, 1.165) is 11.1 Å². The minimum absolute atomic E-state index is 0.0135. The van der Waals surface area contributed by atoms with Crippen LogP contribution in [0.4, 0.5) is 11.6 Å². The van der Waals surface area contributed by atoms with Crippen LogP contribution in [0.15, 0.2) is 18.3 Å². The van der Waals surface area contributed by atoms with Crippen LogP contribution in [0.3, 0.4) is 0 Å². The average Bonchev–Trinajstić information content (AvgIpc) is 2.95. The number of rotatable bonds is 2. The standard InChI is InChI=1S/C13H15ClN6/c1-13(2,3)8-6-9(20-19-8)16-11-7-4-5-15-10(7)17-12(14)18-11/h4-6H,1-3H3,(H3,15,16,17,18,19,20). The van der Waals surface area contributed by atoms with E-state index in [1.807, 2.05) is 12.1 Å². The number of fused-ring (bicyclic) bond motifs is 1. The van der Waals surface area contributed by atoms with Crippen LogP contribution < -0.4 is 5.32 Å². The summed E-state index contributed by atoms with van der Waals surface area (Å²) >= 11 is 5.91. The zero-order chi connectivity index (χ0) is 14.3. The molecule has 0 unspecified atom stereocenters. The minimum Gasteiger partial charge on any atom is -0.346 e. The highest BCUT2D eigenvalue weighted by molar-refractivity contribution is 6.28. The molecule has 6 nitrogen and oxygen atoms in total. The molecule has 0 saturated heterocycles. The first-order valence-corrected chi connectivity index (χ1v) is 6.65. The number of hydrogen-bond donors (Lipinski definition) is 3. The van der Waals surface area contributed by atoms with E-state index in [1.165, 1.54) is 0 Å². The van der Waals surface area contributed by atoms with Crippen molar-refractivity contribution in [2.24, 2.45) is 0 Å². The van der Waals surface area contributed by atoms with Crippen molar-refractivity contribution in [3.8, 4) is 0 Å². The van der Waals surface area contributed by atoms with E-state index in [1.54, 1.807) is 6.20 Å². The van der Waals surface area contributed by atoms with Gasteiger partial charge in [0.15, 0.2) is 5.82 Å². The summed E-state index contributed by atoms with van der Waals surface area (Å²) in [6.45, 7) is 6.36. The Morgan fingerprint density at radius 3 is 2.75 bits per heavy atom. The van der Waals surface area contributed by atoms with Gasteiger partial charge in [-0.2, -0.15) is 15.1 Å². The summed E-state index contributed by atoms with van der Waals surface area (Å²) in [6.07, 6.45) is 1.80. The molecule has 0 amide bonds. The third-order valence-electron chi connectivity index (χ3n) is 3.02. The Morgan fingerprint density at radius 2 is 2.05 bits per heavy atom. The number of halogens is 1. The van der Waals surface area contributed by atoms with Gasteiger partial charge in [0.2, 0.25) is 5.28 Å². The lowest BCUT2D eigenvalue weighted by Crippen LogP contribution is -2.11. The molecule has 7 heteroatoms. The van der Waals surface area contributed by atoms with Crippen molar-refractivity contribution in [2.75, 3.05) is 5.32 Å². The molecule has 20 heavy (non-hydrogen) atoms. The van der Waals surface area contributed by atoms with Crippen LogP contribution in [-0.4, -0.2) is 25.1 Å². The van der Waals surface area contributed by atoms with E-state index >= 15 is 0 Å². The second-order valence-electron chi connectivity index (χ2n) is 5.62. The third-order valence-corrected chi connectivity index (χ3v) is 3.19. The van der Waals surface area contributed by atoms with E-state index in [-0.39, 0.29) is 10.7 Å². The molecule has 0 saturated carbocycles. The molecule has 3 aromatic rings. The predicted octanol–water partition coefficient (Wildman–Crippen LogP) is 3.38. The Morgan fingerprint density at radius 1 is 1.25 bits per heavy atom. The maximum atomic E-state index is 5.91. The maximum absolute atomic E-state index is 5.91. The monoisotopic (exact) mass is 290 g/mol. The van der Waals surface area contributed by atoms with E-state index in [4.69, 9.17) is 11.6 Å². The summed E-state index contributed by atoms with van der Waals surface area (Å²) in [6, 6.07) is 3.86. The summed E-state index contributed by atoms with van der Waals surface area (Å²) < 4.78 is 0. The van der Waals surface area contributed by atoms with Crippen molar-refractivity contribution in [1.82, 2.24) is 25.1 Å². The van der Waals surface area contributed by atoms with Gasteiger partial charge in [0, 0.05) is 23.4 Å². The highest BCUT2D eigenvalue weighted by atomic mass is 35.5. The summed E-state index contributed by atoms with van der Waals surface area (Å²) in [5, 5.41) is 11.5. The first kappa shape index (κ1) is 12.9. The van der Waals surface area contributed by atoms with Crippen molar-refractivity contribution in [3.05, 3.63) is 29.3 Å². The fourth-order valence-electron chi connectivity index (χ4n) is 1.90. The molecule has 0 atom stereocenters. The summed E-state index contributed by atoms with van der Waals surface area (Å²) in [5.41, 5.74) is 1.75. The van der Waals surface area contributed by atoms with Gasteiger partial charge >= 0.3 is 0 Å². The molecule has 0 spiro atoms. The van der Waals surface area contributed by atoms with Gasteiger partial charge in [-0.3, -0.25) is 5.10 Å². The zero-order valence-electron chi connectivity index (χ0n) is 11.5. The lowest BCUT2D eigenvalue weighted by molar-refractivity contribution is 0.567. The average molecular weight is 291 g/mol. The van der Waals surface area contributed by atoms with Crippen LogP contribution in [0.2, 0.25) is 5.28 Å². The van der Waals surface area contributed by atoms with Crippen molar-refractivity contribution in [3.63, 3.8) is 0 Å². The fourth-order valence-corrected chi connectivity index (χ4v) is 2.07. The third kappa shape index (κ3) is 2.34. The molecular weight excluding hydrogens is 276 g/mol. The lowest BCUT2D eigenvalue weighted by Gasteiger charge is -2.14. The van der Waals surface area contributed by atoms with Gasteiger partial charge in [-0.25, -0.2) is 0 Å². The lowest BCUT2D eigenvalue weighted by atomic mass is 9.92.